The first-order valence-corrected chi connectivity index (χ1v) is 13.3. The number of piperidine rings is 2. The van der Waals surface area contributed by atoms with Gasteiger partial charge >= 0.3 is 0 Å². The van der Waals surface area contributed by atoms with Gasteiger partial charge < -0.3 is 24.3 Å². The number of nitrogens with one attached hydrogen (secondary N) is 1. The van der Waals surface area contributed by atoms with Crippen molar-refractivity contribution in [2.24, 2.45) is 5.92 Å². The lowest BCUT2D eigenvalue weighted by molar-refractivity contribution is -0.179. The molecule has 0 unspecified atom stereocenters. The maximum Gasteiger partial charge on any atom is 0.281 e. The van der Waals surface area contributed by atoms with Crippen molar-refractivity contribution in [3.05, 3.63) is 23.8 Å². The first-order valence-electron chi connectivity index (χ1n) is 11.9. The minimum absolute atomic E-state index is 0.0204. The van der Waals surface area contributed by atoms with E-state index in [-0.39, 0.29) is 11.8 Å². The van der Waals surface area contributed by atoms with Crippen LogP contribution in [0.25, 0.3) is 0 Å². The Bertz CT molecular complexity index is 947. The average Bonchev–Trinajstić information content (AvgIpc) is 3.31. The van der Waals surface area contributed by atoms with E-state index in [9.17, 15) is 13.2 Å². The summed E-state index contributed by atoms with van der Waals surface area (Å²) in [5, 5.41) is 2.99. The number of methoxy groups -OCH3 is 2. The Balaban J connectivity index is 1.21. The van der Waals surface area contributed by atoms with Crippen LogP contribution in [0.2, 0.25) is 0 Å². The molecule has 3 aliphatic rings. The number of ether oxygens (including phenoxy) is 4. The van der Waals surface area contributed by atoms with E-state index in [0.717, 1.165) is 5.56 Å². The molecule has 1 aromatic carbocycles. The van der Waals surface area contributed by atoms with E-state index in [0.29, 0.717) is 89.5 Å². The summed E-state index contributed by atoms with van der Waals surface area (Å²) < 4.78 is 51.2. The third-order valence-corrected chi connectivity index (χ3v) is 8.97. The topological polar surface area (TPSA) is 107 Å². The van der Waals surface area contributed by atoms with Crippen LogP contribution in [0.15, 0.2) is 18.2 Å². The van der Waals surface area contributed by atoms with Gasteiger partial charge in [-0.15, -0.1) is 0 Å². The molecule has 10 nitrogen and oxygen atoms in total. The number of amides is 1. The van der Waals surface area contributed by atoms with Gasteiger partial charge in [-0.25, -0.2) is 0 Å². The summed E-state index contributed by atoms with van der Waals surface area (Å²) in [7, 11) is -0.357. The van der Waals surface area contributed by atoms with Crippen LogP contribution in [0.5, 0.6) is 11.5 Å². The highest BCUT2D eigenvalue weighted by Gasteiger charge is 2.44. The normalized spacial score (nSPS) is 22.1. The second-order valence-electron chi connectivity index (χ2n) is 8.92. The van der Waals surface area contributed by atoms with Crippen molar-refractivity contribution in [3.63, 3.8) is 0 Å². The number of hydrogen-bond donors (Lipinski definition) is 1. The van der Waals surface area contributed by atoms with Gasteiger partial charge in [0.1, 0.15) is 0 Å². The minimum Gasteiger partial charge on any atom is -0.493 e. The third-order valence-electron chi connectivity index (χ3n) is 6.94. The highest BCUT2D eigenvalue weighted by Crippen LogP contribution is 2.33. The zero-order valence-corrected chi connectivity index (χ0v) is 20.8. The molecule has 3 fully saturated rings. The second-order valence-corrected chi connectivity index (χ2v) is 10.8. The van der Waals surface area contributed by atoms with Gasteiger partial charge in [0.25, 0.3) is 10.2 Å². The summed E-state index contributed by atoms with van der Waals surface area (Å²) in [6, 6.07) is 5.70. The van der Waals surface area contributed by atoms with Gasteiger partial charge in [-0.1, -0.05) is 6.07 Å². The van der Waals surface area contributed by atoms with E-state index in [1.165, 1.54) is 8.61 Å². The van der Waals surface area contributed by atoms with Crippen LogP contribution in [0.3, 0.4) is 0 Å². The van der Waals surface area contributed by atoms with Gasteiger partial charge in [0, 0.05) is 51.5 Å². The molecule has 3 aliphatic heterocycles. The van der Waals surface area contributed by atoms with Gasteiger partial charge in [0.2, 0.25) is 5.91 Å². The molecule has 3 heterocycles. The number of benzene rings is 1. The van der Waals surface area contributed by atoms with Crippen molar-refractivity contribution in [1.29, 1.82) is 0 Å². The van der Waals surface area contributed by atoms with Crippen molar-refractivity contribution in [2.75, 3.05) is 60.2 Å². The largest absolute Gasteiger partial charge is 0.493 e. The molecule has 4 rings (SSSR count). The summed E-state index contributed by atoms with van der Waals surface area (Å²) >= 11 is 0. The Morgan fingerprint density at radius 2 is 1.65 bits per heavy atom. The van der Waals surface area contributed by atoms with Crippen LogP contribution in [-0.4, -0.2) is 88.9 Å². The predicted octanol–water partition coefficient (Wildman–Crippen LogP) is 1.16. The Morgan fingerprint density at radius 1 is 1.03 bits per heavy atom. The first-order chi connectivity index (χ1) is 16.4. The highest BCUT2D eigenvalue weighted by molar-refractivity contribution is 7.86. The van der Waals surface area contributed by atoms with E-state index in [1.807, 2.05) is 18.2 Å². The van der Waals surface area contributed by atoms with E-state index in [4.69, 9.17) is 18.9 Å². The molecule has 1 amide bonds. The van der Waals surface area contributed by atoms with Crippen LogP contribution >= 0.6 is 0 Å². The fraction of sp³-hybridized carbons (Fsp3) is 0.696. The predicted molar refractivity (Wildman–Crippen MR) is 125 cm³/mol. The molecule has 0 radical (unpaired) electrons. The SMILES string of the molecule is COc1ccc(CCNC(=O)C2CCN(S(=O)(=O)N3CCC4(CC3)OCCO4)CC2)cc1OC. The van der Waals surface area contributed by atoms with E-state index >= 15 is 0 Å². The summed E-state index contributed by atoms with van der Waals surface area (Å²) in [4.78, 5) is 12.7. The van der Waals surface area contributed by atoms with E-state index in [1.54, 1.807) is 14.2 Å². The van der Waals surface area contributed by atoms with Crippen molar-refractivity contribution >= 4 is 16.1 Å². The molecule has 1 aromatic rings. The standard InChI is InChI=1S/C23H35N3O7S/c1-30-20-4-3-18(17-21(20)31-2)5-10-24-22(27)19-6-11-25(12-7-19)34(28,29)26-13-8-23(9-14-26)32-15-16-33-23/h3-4,17,19H,5-16H2,1-2H3,(H,24,27). The lowest BCUT2D eigenvalue weighted by atomic mass is 9.97. The van der Waals surface area contributed by atoms with Crippen molar-refractivity contribution < 1.29 is 32.2 Å². The van der Waals surface area contributed by atoms with Crippen molar-refractivity contribution in [3.8, 4) is 11.5 Å². The monoisotopic (exact) mass is 497 g/mol. The first kappa shape index (κ1) is 25.2. The van der Waals surface area contributed by atoms with Crippen molar-refractivity contribution in [1.82, 2.24) is 13.9 Å². The Morgan fingerprint density at radius 3 is 2.26 bits per heavy atom. The zero-order valence-electron chi connectivity index (χ0n) is 20.0. The lowest BCUT2D eigenvalue weighted by Gasteiger charge is -2.40. The van der Waals surface area contributed by atoms with Crippen LogP contribution in [0, 0.1) is 5.92 Å². The molecule has 0 bridgehead atoms. The maximum atomic E-state index is 13.1. The number of rotatable bonds is 8. The zero-order chi connectivity index (χ0) is 24.2. The molecule has 0 atom stereocenters. The van der Waals surface area contributed by atoms with Gasteiger partial charge in [-0.2, -0.15) is 17.0 Å². The molecule has 1 spiro atoms. The molecular formula is C23H35N3O7S. The molecule has 0 aromatic heterocycles. The molecule has 1 N–H and O–H groups in total. The summed E-state index contributed by atoms with van der Waals surface area (Å²) in [5.41, 5.74) is 1.04. The Labute approximate surface area is 201 Å². The fourth-order valence-corrected chi connectivity index (χ4v) is 6.51. The quantitative estimate of drug-likeness (QED) is 0.574. The molecule has 0 aliphatic carbocycles. The average molecular weight is 498 g/mol. The highest BCUT2D eigenvalue weighted by atomic mass is 32.2. The Hall–Kier alpha value is -1.92. The Kier molecular flexibility index (Phi) is 7.98. The van der Waals surface area contributed by atoms with Crippen LogP contribution in [0.4, 0.5) is 0 Å². The van der Waals surface area contributed by atoms with Gasteiger partial charge in [0.05, 0.1) is 27.4 Å². The number of hydrogen-bond acceptors (Lipinski definition) is 7. The third kappa shape index (κ3) is 5.49. The van der Waals surface area contributed by atoms with E-state index < -0.39 is 16.0 Å². The maximum absolute atomic E-state index is 13.1. The molecule has 0 saturated carbocycles. The second kappa shape index (κ2) is 10.8. The number of carbonyl (C=O) groups excluding carboxylic acids is 1. The van der Waals surface area contributed by atoms with Gasteiger partial charge in [0.15, 0.2) is 17.3 Å². The molecule has 3 saturated heterocycles. The molecule has 190 valence electrons. The summed E-state index contributed by atoms with van der Waals surface area (Å²) in [6.45, 7) is 3.12. The summed E-state index contributed by atoms with van der Waals surface area (Å²) in [5.74, 6) is 0.525. The van der Waals surface area contributed by atoms with Gasteiger partial charge in [-0.3, -0.25) is 4.79 Å². The van der Waals surface area contributed by atoms with Crippen LogP contribution in [0.1, 0.15) is 31.2 Å². The van der Waals surface area contributed by atoms with Crippen LogP contribution < -0.4 is 14.8 Å². The van der Waals surface area contributed by atoms with Crippen LogP contribution in [-0.2, 0) is 30.9 Å². The molecular weight excluding hydrogens is 462 g/mol. The smallest absolute Gasteiger partial charge is 0.281 e. The lowest BCUT2D eigenvalue weighted by Crippen LogP contribution is -2.53. The minimum atomic E-state index is -3.54. The molecule has 34 heavy (non-hydrogen) atoms. The number of nitrogens with zero attached hydrogens (tertiary/aromatic N) is 2. The molecule has 11 heteroatoms. The van der Waals surface area contributed by atoms with Gasteiger partial charge in [-0.05, 0) is 37.0 Å². The number of carbonyl (C=O) groups is 1. The summed E-state index contributed by atoms with van der Waals surface area (Å²) in [6.07, 6.45) is 2.80. The van der Waals surface area contributed by atoms with Crippen molar-refractivity contribution in [2.45, 2.75) is 37.9 Å². The van der Waals surface area contributed by atoms with E-state index in [2.05, 4.69) is 5.32 Å². The fourth-order valence-electron chi connectivity index (χ4n) is 4.87.